The topological polar surface area (TPSA) is 61.6 Å². The summed E-state index contributed by atoms with van der Waals surface area (Å²) in [5.74, 6) is 0.850. The van der Waals surface area contributed by atoms with E-state index in [2.05, 4.69) is 6.92 Å². The second kappa shape index (κ2) is 4.63. The summed E-state index contributed by atoms with van der Waals surface area (Å²) in [4.78, 5) is 10.0. The van der Waals surface area contributed by atoms with Gasteiger partial charge in [-0.15, -0.1) is 0 Å². The number of rotatable bonds is 4. The monoisotopic (exact) mass is 210 g/mol. The van der Waals surface area contributed by atoms with Crippen molar-refractivity contribution in [1.29, 1.82) is 0 Å². The van der Waals surface area contributed by atoms with Crippen LogP contribution in [0, 0.1) is 17.0 Å². The van der Waals surface area contributed by atoms with Gasteiger partial charge in [-0.1, -0.05) is 6.07 Å². The summed E-state index contributed by atoms with van der Waals surface area (Å²) >= 11 is 0. The third kappa shape index (κ3) is 2.37. The van der Waals surface area contributed by atoms with Gasteiger partial charge in [-0.05, 0) is 18.6 Å². The number of hydrogen-bond acceptors (Lipinski definition) is 4. The summed E-state index contributed by atoms with van der Waals surface area (Å²) in [7, 11) is 2.93. The Labute approximate surface area is 87.8 Å². The summed E-state index contributed by atoms with van der Waals surface area (Å²) in [6.45, 7) is 3.40. The van der Waals surface area contributed by atoms with Crippen molar-refractivity contribution in [2.75, 3.05) is 14.2 Å². The Bertz CT molecular complexity index is 376. The Morgan fingerprint density at radius 1 is 1.40 bits per heavy atom. The lowest BCUT2D eigenvalue weighted by molar-refractivity contribution is -0.497. The second-order valence-corrected chi connectivity index (χ2v) is 2.93. The van der Waals surface area contributed by atoms with Crippen LogP contribution in [0.15, 0.2) is 12.1 Å². The van der Waals surface area contributed by atoms with E-state index < -0.39 is 4.92 Å². The van der Waals surface area contributed by atoms with Crippen LogP contribution in [0.2, 0.25) is 0 Å². The van der Waals surface area contributed by atoms with E-state index in [0.29, 0.717) is 22.6 Å². The van der Waals surface area contributed by atoms with Crippen LogP contribution in [0.5, 0.6) is 11.5 Å². The van der Waals surface area contributed by atoms with Gasteiger partial charge in [0.25, 0.3) is 0 Å². The van der Waals surface area contributed by atoms with Crippen molar-refractivity contribution in [1.82, 2.24) is 0 Å². The molecule has 81 valence electrons. The molecule has 5 heteroatoms. The predicted molar refractivity (Wildman–Crippen MR) is 54.7 cm³/mol. The molecular weight excluding hydrogens is 198 g/mol. The molecule has 0 saturated heterocycles. The molecule has 15 heavy (non-hydrogen) atoms. The number of methoxy groups -OCH3 is 2. The summed E-state index contributed by atoms with van der Waals surface area (Å²) in [6.07, 6.45) is 0. The van der Waals surface area contributed by atoms with Crippen molar-refractivity contribution >= 4 is 0 Å². The lowest BCUT2D eigenvalue weighted by atomic mass is 10.1. The zero-order chi connectivity index (χ0) is 11.4. The minimum Gasteiger partial charge on any atom is -0.493 e. The maximum atomic E-state index is 10.5. The molecule has 0 aliphatic rings. The van der Waals surface area contributed by atoms with Crippen molar-refractivity contribution in [3.8, 4) is 11.5 Å². The Morgan fingerprint density at radius 2 is 2.07 bits per heavy atom. The van der Waals surface area contributed by atoms with Crippen LogP contribution in [-0.4, -0.2) is 19.1 Å². The molecular formula is C10H12NO4. The second-order valence-electron chi connectivity index (χ2n) is 2.93. The first-order valence-electron chi connectivity index (χ1n) is 4.27. The van der Waals surface area contributed by atoms with Gasteiger partial charge in [0.15, 0.2) is 11.5 Å². The van der Waals surface area contributed by atoms with E-state index in [1.807, 2.05) is 0 Å². The van der Waals surface area contributed by atoms with Crippen molar-refractivity contribution in [3.63, 3.8) is 0 Å². The third-order valence-electron chi connectivity index (χ3n) is 2.03. The summed E-state index contributed by atoms with van der Waals surface area (Å²) in [6, 6.07) is 3.34. The van der Waals surface area contributed by atoms with Crippen LogP contribution in [0.1, 0.15) is 11.1 Å². The average Bonchev–Trinajstić information content (AvgIpc) is 2.20. The van der Waals surface area contributed by atoms with E-state index >= 15 is 0 Å². The van der Waals surface area contributed by atoms with E-state index in [1.165, 1.54) is 14.2 Å². The highest BCUT2D eigenvalue weighted by atomic mass is 16.6. The molecule has 5 nitrogen and oxygen atoms in total. The molecule has 0 heterocycles. The number of ether oxygens (including phenoxy) is 2. The van der Waals surface area contributed by atoms with E-state index in [-0.39, 0.29) is 6.54 Å². The summed E-state index contributed by atoms with van der Waals surface area (Å²) in [5.41, 5.74) is 1.02. The Hall–Kier alpha value is -1.78. The standard InChI is InChI=1S/C10H12NO4/c1-7-4-5-9(14-2)10(15-3)8(7)6-11(12)13/h4-5H,1,6H2,2-3H3. The molecule has 1 aromatic carbocycles. The van der Waals surface area contributed by atoms with Crippen LogP contribution in [0.4, 0.5) is 0 Å². The van der Waals surface area contributed by atoms with Gasteiger partial charge < -0.3 is 9.47 Å². The minimum absolute atomic E-state index is 0.320. The molecule has 0 aromatic heterocycles. The Balaban J connectivity index is 3.25. The van der Waals surface area contributed by atoms with Gasteiger partial charge in [0, 0.05) is 4.92 Å². The van der Waals surface area contributed by atoms with Crippen LogP contribution < -0.4 is 9.47 Å². The fourth-order valence-corrected chi connectivity index (χ4v) is 1.33. The lowest BCUT2D eigenvalue weighted by Crippen LogP contribution is -2.04. The smallest absolute Gasteiger partial charge is 0.232 e. The molecule has 0 atom stereocenters. The fraction of sp³-hybridized carbons (Fsp3) is 0.300. The molecule has 1 radical (unpaired) electrons. The summed E-state index contributed by atoms with van der Waals surface area (Å²) in [5, 5.41) is 10.5. The molecule has 0 fully saturated rings. The van der Waals surface area contributed by atoms with Crippen LogP contribution >= 0.6 is 0 Å². The van der Waals surface area contributed by atoms with Gasteiger partial charge in [-0.2, -0.15) is 0 Å². The van der Waals surface area contributed by atoms with Crippen molar-refractivity contribution in [2.24, 2.45) is 0 Å². The maximum absolute atomic E-state index is 10.5. The predicted octanol–water partition coefficient (Wildman–Crippen LogP) is 1.66. The quantitative estimate of drug-likeness (QED) is 0.560. The highest BCUT2D eigenvalue weighted by Crippen LogP contribution is 2.33. The van der Waals surface area contributed by atoms with Gasteiger partial charge in [0.2, 0.25) is 6.54 Å². The van der Waals surface area contributed by atoms with Gasteiger partial charge >= 0.3 is 0 Å². The molecule has 0 amide bonds. The highest BCUT2D eigenvalue weighted by molar-refractivity contribution is 5.51. The highest BCUT2D eigenvalue weighted by Gasteiger charge is 2.16. The zero-order valence-corrected chi connectivity index (χ0v) is 8.65. The Morgan fingerprint density at radius 3 is 2.53 bits per heavy atom. The van der Waals surface area contributed by atoms with Gasteiger partial charge in [-0.25, -0.2) is 0 Å². The fourth-order valence-electron chi connectivity index (χ4n) is 1.33. The van der Waals surface area contributed by atoms with Crippen LogP contribution in [0.3, 0.4) is 0 Å². The molecule has 0 spiro atoms. The molecule has 1 rings (SSSR count). The van der Waals surface area contributed by atoms with Crippen LogP contribution in [-0.2, 0) is 6.54 Å². The zero-order valence-electron chi connectivity index (χ0n) is 8.65. The van der Waals surface area contributed by atoms with E-state index in [1.54, 1.807) is 12.1 Å². The molecule has 0 saturated carbocycles. The normalized spacial score (nSPS) is 9.80. The molecule has 0 unspecified atom stereocenters. The average molecular weight is 210 g/mol. The van der Waals surface area contributed by atoms with Crippen molar-refractivity contribution in [3.05, 3.63) is 40.3 Å². The van der Waals surface area contributed by atoms with E-state index in [4.69, 9.17) is 9.47 Å². The first kappa shape index (κ1) is 11.3. The molecule has 1 aromatic rings. The first-order valence-corrected chi connectivity index (χ1v) is 4.27. The lowest BCUT2D eigenvalue weighted by Gasteiger charge is -2.12. The number of hydrogen-bond donors (Lipinski definition) is 0. The number of nitro groups is 1. The Kier molecular flexibility index (Phi) is 3.49. The first-order chi connectivity index (χ1) is 7.10. The van der Waals surface area contributed by atoms with Gasteiger partial charge in [0.05, 0.1) is 19.8 Å². The third-order valence-corrected chi connectivity index (χ3v) is 2.03. The van der Waals surface area contributed by atoms with E-state index in [0.717, 1.165) is 0 Å². The maximum Gasteiger partial charge on any atom is 0.232 e. The van der Waals surface area contributed by atoms with Gasteiger partial charge in [-0.3, -0.25) is 10.1 Å². The number of benzene rings is 1. The van der Waals surface area contributed by atoms with Crippen molar-refractivity contribution in [2.45, 2.75) is 6.54 Å². The van der Waals surface area contributed by atoms with Gasteiger partial charge in [0.1, 0.15) is 0 Å². The van der Waals surface area contributed by atoms with E-state index in [9.17, 15) is 10.1 Å². The molecule has 0 N–H and O–H groups in total. The minimum atomic E-state index is -0.425. The largest absolute Gasteiger partial charge is 0.493 e. The number of nitrogens with zero attached hydrogens (tertiary/aromatic N) is 1. The molecule has 0 aliphatic heterocycles. The summed E-state index contributed by atoms with van der Waals surface area (Å²) < 4.78 is 10.1. The molecule has 0 aliphatic carbocycles. The SMILES string of the molecule is [CH2]c1ccc(OC)c(OC)c1C[N+](=O)[O-]. The van der Waals surface area contributed by atoms with Crippen molar-refractivity contribution < 1.29 is 14.4 Å². The van der Waals surface area contributed by atoms with Crippen LogP contribution in [0.25, 0.3) is 0 Å². The molecule has 0 bridgehead atoms.